The first kappa shape index (κ1) is 9.98. The molecule has 0 bridgehead atoms. The smallest absolute Gasteiger partial charge is 0.140 e. The van der Waals surface area contributed by atoms with Crippen molar-refractivity contribution in [2.75, 3.05) is 5.73 Å². The standard InChI is InChI=1S/C11H12N2OS/c1-8-6-13-11(15-8)7-14-10-4-2-3-9(12)5-10/h2-6H,7,12H2,1H3. The number of hydrogen-bond donors (Lipinski definition) is 1. The molecule has 1 aromatic carbocycles. The molecule has 0 aliphatic heterocycles. The molecule has 0 aliphatic rings. The average molecular weight is 220 g/mol. The largest absolute Gasteiger partial charge is 0.486 e. The second-order valence-electron chi connectivity index (χ2n) is 3.23. The normalized spacial score (nSPS) is 10.2. The predicted octanol–water partition coefficient (Wildman–Crippen LogP) is 2.61. The predicted molar refractivity (Wildman–Crippen MR) is 62.0 cm³/mol. The Morgan fingerprint density at radius 2 is 2.33 bits per heavy atom. The van der Waals surface area contributed by atoms with Crippen molar-refractivity contribution in [1.82, 2.24) is 4.98 Å². The molecule has 2 aromatic rings. The Hall–Kier alpha value is -1.55. The molecule has 0 aliphatic carbocycles. The van der Waals surface area contributed by atoms with E-state index in [9.17, 15) is 0 Å². The zero-order valence-electron chi connectivity index (χ0n) is 8.43. The van der Waals surface area contributed by atoms with Crippen molar-refractivity contribution in [3.8, 4) is 5.75 Å². The van der Waals surface area contributed by atoms with Crippen molar-refractivity contribution in [2.24, 2.45) is 0 Å². The zero-order valence-corrected chi connectivity index (χ0v) is 9.25. The SMILES string of the molecule is Cc1cnc(COc2cccc(N)c2)s1. The summed E-state index contributed by atoms with van der Waals surface area (Å²) in [7, 11) is 0. The summed E-state index contributed by atoms with van der Waals surface area (Å²) in [6.07, 6.45) is 1.85. The van der Waals surface area contributed by atoms with Crippen LogP contribution in [0.5, 0.6) is 5.75 Å². The monoisotopic (exact) mass is 220 g/mol. The van der Waals surface area contributed by atoms with Crippen LogP contribution in [-0.2, 0) is 6.61 Å². The summed E-state index contributed by atoms with van der Waals surface area (Å²) in [6, 6.07) is 7.40. The van der Waals surface area contributed by atoms with Gasteiger partial charge in [-0.1, -0.05) is 6.07 Å². The lowest BCUT2D eigenvalue weighted by Gasteiger charge is -2.03. The van der Waals surface area contributed by atoms with Crippen molar-refractivity contribution in [3.05, 3.63) is 40.3 Å². The summed E-state index contributed by atoms with van der Waals surface area (Å²) in [5.41, 5.74) is 6.35. The van der Waals surface area contributed by atoms with Gasteiger partial charge in [-0.05, 0) is 19.1 Å². The van der Waals surface area contributed by atoms with Crippen molar-refractivity contribution in [1.29, 1.82) is 0 Å². The van der Waals surface area contributed by atoms with Gasteiger partial charge in [0.25, 0.3) is 0 Å². The van der Waals surface area contributed by atoms with Crippen LogP contribution in [0.4, 0.5) is 5.69 Å². The van der Waals surface area contributed by atoms with Gasteiger partial charge in [-0.2, -0.15) is 0 Å². The maximum atomic E-state index is 5.64. The van der Waals surface area contributed by atoms with Gasteiger partial charge >= 0.3 is 0 Å². The van der Waals surface area contributed by atoms with Crippen molar-refractivity contribution in [3.63, 3.8) is 0 Å². The van der Waals surface area contributed by atoms with Gasteiger partial charge in [-0.25, -0.2) is 4.98 Å². The number of aryl methyl sites for hydroxylation is 1. The first-order valence-corrected chi connectivity index (χ1v) is 5.45. The minimum atomic E-state index is 0.502. The Morgan fingerprint density at radius 1 is 1.47 bits per heavy atom. The maximum Gasteiger partial charge on any atom is 0.140 e. The number of nitrogens with zero attached hydrogens (tertiary/aromatic N) is 1. The molecule has 1 aromatic heterocycles. The number of benzene rings is 1. The second-order valence-corrected chi connectivity index (χ2v) is 4.55. The van der Waals surface area contributed by atoms with Crippen molar-refractivity contribution >= 4 is 17.0 Å². The molecule has 0 spiro atoms. The van der Waals surface area contributed by atoms with E-state index in [0.29, 0.717) is 12.3 Å². The summed E-state index contributed by atoms with van der Waals surface area (Å²) in [4.78, 5) is 5.41. The topological polar surface area (TPSA) is 48.1 Å². The van der Waals surface area contributed by atoms with Gasteiger partial charge in [0, 0.05) is 22.8 Å². The first-order valence-electron chi connectivity index (χ1n) is 4.64. The van der Waals surface area contributed by atoms with Gasteiger partial charge in [-0.3, -0.25) is 0 Å². The van der Waals surface area contributed by atoms with E-state index < -0.39 is 0 Å². The molecule has 78 valence electrons. The molecule has 0 radical (unpaired) electrons. The van der Waals surface area contributed by atoms with E-state index in [0.717, 1.165) is 10.8 Å². The summed E-state index contributed by atoms with van der Waals surface area (Å²) < 4.78 is 5.55. The minimum Gasteiger partial charge on any atom is -0.486 e. The average Bonchev–Trinajstić information content (AvgIpc) is 2.62. The molecule has 0 saturated heterocycles. The Morgan fingerprint density at radius 3 is 3.00 bits per heavy atom. The van der Waals surface area contributed by atoms with Crippen LogP contribution in [0.1, 0.15) is 9.88 Å². The molecule has 15 heavy (non-hydrogen) atoms. The van der Waals surface area contributed by atoms with Crippen molar-refractivity contribution < 1.29 is 4.74 Å². The molecule has 4 heteroatoms. The highest BCUT2D eigenvalue weighted by atomic mass is 32.1. The summed E-state index contributed by atoms with van der Waals surface area (Å²) in [5, 5.41) is 0.981. The van der Waals surface area contributed by atoms with Crippen molar-refractivity contribution in [2.45, 2.75) is 13.5 Å². The molecule has 0 saturated carbocycles. The minimum absolute atomic E-state index is 0.502. The van der Waals surface area contributed by atoms with Crippen LogP contribution in [-0.4, -0.2) is 4.98 Å². The fourth-order valence-corrected chi connectivity index (χ4v) is 1.92. The molecule has 0 atom stereocenters. The second kappa shape index (κ2) is 4.31. The van der Waals surface area contributed by atoms with Gasteiger partial charge in [-0.15, -0.1) is 11.3 Å². The third-order valence-electron chi connectivity index (χ3n) is 1.89. The fourth-order valence-electron chi connectivity index (χ4n) is 1.22. The van der Waals surface area contributed by atoms with Crippen LogP contribution in [0.2, 0.25) is 0 Å². The number of rotatable bonds is 3. The number of hydrogen-bond acceptors (Lipinski definition) is 4. The molecule has 2 N–H and O–H groups in total. The van der Waals surface area contributed by atoms with E-state index in [1.165, 1.54) is 4.88 Å². The van der Waals surface area contributed by atoms with Gasteiger partial charge in [0.15, 0.2) is 0 Å². The van der Waals surface area contributed by atoms with Gasteiger partial charge in [0.2, 0.25) is 0 Å². The van der Waals surface area contributed by atoms with E-state index in [-0.39, 0.29) is 0 Å². The lowest BCUT2D eigenvalue weighted by molar-refractivity contribution is 0.306. The Bertz CT molecular complexity index is 453. The highest BCUT2D eigenvalue weighted by molar-refractivity contribution is 7.11. The van der Waals surface area contributed by atoms with Crippen LogP contribution in [0.3, 0.4) is 0 Å². The number of nitrogen functional groups attached to an aromatic ring is 1. The lowest BCUT2D eigenvalue weighted by atomic mass is 10.3. The summed E-state index contributed by atoms with van der Waals surface area (Å²) >= 11 is 1.64. The summed E-state index contributed by atoms with van der Waals surface area (Å²) in [5.74, 6) is 0.780. The zero-order chi connectivity index (χ0) is 10.7. The number of ether oxygens (including phenoxy) is 1. The fraction of sp³-hybridized carbons (Fsp3) is 0.182. The van der Waals surface area contributed by atoms with Crippen LogP contribution >= 0.6 is 11.3 Å². The maximum absolute atomic E-state index is 5.64. The van der Waals surface area contributed by atoms with E-state index in [2.05, 4.69) is 4.98 Å². The van der Waals surface area contributed by atoms with E-state index in [4.69, 9.17) is 10.5 Å². The highest BCUT2D eigenvalue weighted by Gasteiger charge is 2.00. The van der Waals surface area contributed by atoms with E-state index in [1.54, 1.807) is 17.4 Å². The van der Waals surface area contributed by atoms with Gasteiger partial charge < -0.3 is 10.5 Å². The Labute approximate surface area is 92.5 Å². The van der Waals surface area contributed by atoms with Crippen LogP contribution < -0.4 is 10.5 Å². The first-order chi connectivity index (χ1) is 7.24. The lowest BCUT2D eigenvalue weighted by Crippen LogP contribution is -1.95. The Kier molecular flexibility index (Phi) is 2.87. The number of nitrogens with two attached hydrogens (primary N) is 1. The number of thiazole rings is 1. The number of aromatic nitrogens is 1. The molecule has 0 unspecified atom stereocenters. The van der Waals surface area contributed by atoms with Gasteiger partial charge in [0.05, 0.1) is 0 Å². The van der Waals surface area contributed by atoms with E-state index in [1.807, 2.05) is 31.3 Å². The van der Waals surface area contributed by atoms with Crippen LogP contribution in [0, 0.1) is 6.92 Å². The third kappa shape index (κ3) is 2.70. The Balaban J connectivity index is 1.99. The van der Waals surface area contributed by atoms with Gasteiger partial charge in [0.1, 0.15) is 17.4 Å². The van der Waals surface area contributed by atoms with Crippen LogP contribution in [0.25, 0.3) is 0 Å². The highest BCUT2D eigenvalue weighted by Crippen LogP contribution is 2.18. The quantitative estimate of drug-likeness (QED) is 0.809. The summed E-state index contributed by atoms with van der Waals surface area (Å²) in [6.45, 7) is 2.53. The molecule has 0 fully saturated rings. The van der Waals surface area contributed by atoms with Crippen LogP contribution in [0.15, 0.2) is 30.5 Å². The molecule has 1 heterocycles. The van der Waals surface area contributed by atoms with E-state index >= 15 is 0 Å². The molecule has 3 nitrogen and oxygen atoms in total. The molecule has 2 rings (SSSR count). The number of anilines is 1. The third-order valence-corrected chi connectivity index (χ3v) is 2.78. The molecular weight excluding hydrogens is 208 g/mol. The molecular formula is C11H12N2OS. The molecule has 0 amide bonds.